The van der Waals surface area contributed by atoms with Crippen LogP contribution in [0.1, 0.15) is 27.8 Å². The average Bonchev–Trinajstić information content (AvgIpc) is 2.92. The van der Waals surface area contributed by atoms with Crippen LogP contribution in [0.3, 0.4) is 0 Å². The van der Waals surface area contributed by atoms with E-state index in [9.17, 15) is 4.79 Å². The number of aromatic nitrogens is 1. The molecule has 0 saturated carbocycles. The van der Waals surface area contributed by atoms with E-state index in [1.807, 2.05) is 0 Å². The number of hydrogen-bond acceptors (Lipinski definition) is 4. The molecule has 1 atom stereocenters. The summed E-state index contributed by atoms with van der Waals surface area (Å²) in [6.07, 6.45) is 1.53. The minimum Gasteiger partial charge on any atom is -0.481 e. The second kappa shape index (κ2) is 4.43. The van der Waals surface area contributed by atoms with Crippen LogP contribution in [-0.2, 0) is 11.2 Å². The van der Waals surface area contributed by atoms with Gasteiger partial charge < -0.3 is 5.11 Å². The summed E-state index contributed by atoms with van der Waals surface area (Å²) in [5.41, 5.74) is 0.782. The van der Waals surface area contributed by atoms with Gasteiger partial charge in [-0.3, -0.25) is 4.79 Å². The number of halogens is 1. The second-order valence-electron chi connectivity index (χ2n) is 4.27. The predicted octanol–water partition coefficient (Wildman–Crippen LogP) is 4.06. The van der Waals surface area contributed by atoms with Crippen molar-refractivity contribution in [3.63, 3.8) is 0 Å². The summed E-state index contributed by atoms with van der Waals surface area (Å²) in [6.45, 7) is 2.06. The van der Waals surface area contributed by atoms with Gasteiger partial charge in [-0.05, 0) is 41.8 Å². The van der Waals surface area contributed by atoms with Crippen molar-refractivity contribution in [1.29, 1.82) is 0 Å². The quantitative estimate of drug-likeness (QED) is 0.894. The molecule has 0 aromatic carbocycles. The lowest BCUT2D eigenvalue weighted by molar-refractivity contribution is -0.138. The molecule has 0 fully saturated rings. The molecule has 3 nitrogen and oxygen atoms in total. The molecule has 1 aliphatic carbocycles. The molecule has 2 aromatic heterocycles. The molecule has 0 aliphatic heterocycles. The Kier molecular flexibility index (Phi) is 3.03. The number of aliphatic carboxylic acids is 1. The van der Waals surface area contributed by atoms with Gasteiger partial charge in [0.15, 0.2) is 0 Å². The summed E-state index contributed by atoms with van der Waals surface area (Å²) in [6, 6.07) is 2.06. The number of fused-ring (bicyclic) bond motifs is 1. The fourth-order valence-electron chi connectivity index (χ4n) is 2.14. The largest absolute Gasteiger partial charge is 0.481 e. The average molecular weight is 344 g/mol. The second-order valence-corrected chi connectivity index (χ2v) is 7.47. The normalized spacial score (nSPS) is 18.0. The van der Waals surface area contributed by atoms with Gasteiger partial charge in [-0.25, -0.2) is 4.98 Å². The number of carboxylic acid groups (broad SMARTS) is 1. The van der Waals surface area contributed by atoms with Gasteiger partial charge in [0.25, 0.3) is 0 Å². The van der Waals surface area contributed by atoms with Crippen molar-refractivity contribution in [2.45, 2.75) is 25.7 Å². The third-order valence-corrected chi connectivity index (χ3v) is 6.52. The molecule has 3 rings (SSSR count). The zero-order chi connectivity index (χ0) is 12.9. The Hall–Kier alpha value is -0.720. The van der Waals surface area contributed by atoms with Crippen LogP contribution in [0.4, 0.5) is 0 Å². The first-order valence-electron chi connectivity index (χ1n) is 5.55. The van der Waals surface area contributed by atoms with Crippen LogP contribution in [0.5, 0.6) is 0 Å². The Morgan fingerprint density at radius 2 is 2.33 bits per heavy atom. The van der Waals surface area contributed by atoms with Gasteiger partial charge in [0.2, 0.25) is 0 Å². The molecule has 0 spiro atoms. The first kappa shape index (κ1) is 12.3. The van der Waals surface area contributed by atoms with E-state index in [1.54, 1.807) is 22.7 Å². The highest BCUT2D eigenvalue weighted by atomic mass is 79.9. The molecule has 1 unspecified atom stereocenters. The third kappa shape index (κ3) is 1.92. The lowest BCUT2D eigenvalue weighted by atomic mass is 10.1. The number of carboxylic acids is 1. The monoisotopic (exact) mass is 343 g/mol. The van der Waals surface area contributed by atoms with Crippen molar-refractivity contribution < 1.29 is 9.90 Å². The number of hydrogen-bond donors (Lipinski definition) is 1. The molecule has 2 aromatic rings. The van der Waals surface area contributed by atoms with Crippen molar-refractivity contribution in [1.82, 2.24) is 4.98 Å². The van der Waals surface area contributed by atoms with Gasteiger partial charge in [-0.1, -0.05) is 0 Å². The Morgan fingerprint density at radius 3 is 2.94 bits per heavy atom. The molecule has 6 heteroatoms. The minimum atomic E-state index is -0.755. The Morgan fingerprint density at radius 1 is 1.56 bits per heavy atom. The van der Waals surface area contributed by atoms with Crippen LogP contribution in [0.25, 0.3) is 9.88 Å². The van der Waals surface area contributed by atoms with Crippen LogP contribution in [0.2, 0.25) is 0 Å². The van der Waals surface area contributed by atoms with E-state index in [0.717, 1.165) is 31.3 Å². The van der Waals surface area contributed by atoms with Crippen molar-refractivity contribution >= 4 is 44.6 Å². The highest BCUT2D eigenvalue weighted by molar-refractivity contribution is 9.10. The van der Waals surface area contributed by atoms with Crippen molar-refractivity contribution in [2.75, 3.05) is 0 Å². The summed E-state index contributed by atoms with van der Waals surface area (Å²) in [5, 5.41) is 10.1. The van der Waals surface area contributed by atoms with E-state index in [-0.39, 0.29) is 0 Å². The van der Waals surface area contributed by atoms with Crippen molar-refractivity contribution in [2.24, 2.45) is 0 Å². The van der Waals surface area contributed by atoms with Crippen molar-refractivity contribution in [3.8, 4) is 9.88 Å². The van der Waals surface area contributed by atoms with Crippen LogP contribution in [0, 0.1) is 6.92 Å². The fourth-order valence-corrected chi connectivity index (χ4v) is 4.86. The molecule has 2 heterocycles. The summed E-state index contributed by atoms with van der Waals surface area (Å²) in [4.78, 5) is 19.1. The van der Waals surface area contributed by atoms with Gasteiger partial charge in [0.05, 0.1) is 10.6 Å². The standard InChI is InChI=1S/C12H10BrNO2S2/c1-5-7(13)4-9(17-5)11-14-10-6(12(15)16)2-3-8(10)18-11/h4,6H,2-3H2,1H3,(H,15,16). The smallest absolute Gasteiger partial charge is 0.312 e. The van der Waals surface area contributed by atoms with E-state index in [2.05, 4.69) is 33.9 Å². The maximum atomic E-state index is 11.1. The highest BCUT2D eigenvalue weighted by Crippen LogP contribution is 2.42. The molecule has 1 aliphatic rings. The number of aryl methyl sites for hydroxylation is 2. The maximum absolute atomic E-state index is 11.1. The molecule has 18 heavy (non-hydrogen) atoms. The van der Waals surface area contributed by atoms with E-state index < -0.39 is 11.9 Å². The third-order valence-electron chi connectivity index (χ3n) is 3.08. The van der Waals surface area contributed by atoms with Gasteiger partial charge in [-0.2, -0.15) is 0 Å². The SMILES string of the molecule is Cc1sc(-c2nc3c(s2)CCC3C(=O)O)cc1Br. The van der Waals surface area contributed by atoms with E-state index in [0.29, 0.717) is 6.42 Å². The number of nitrogens with zero attached hydrogens (tertiary/aromatic N) is 1. The number of rotatable bonds is 2. The van der Waals surface area contributed by atoms with E-state index >= 15 is 0 Å². The van der Waals surface area contributed by atoms with Crippen LogP contribution in [0.15, 0.2) is 10.5 Å². The molecule has 1 N–H and O–H groups in total. The Balaban J connectivity index is 2.02. The number of carbonyl (C=O) groups is 1. The molecule has 0 bridgehead atoms. The van der Waals surface area contributed by atoms with E-state index in [4.69, 9.17) is 5.11 Å². The molecular weight excluding hydrogens is 334 g/mol. The molecular formula is C12H10BrNO2S2. The van der Waals surface area contributed by atoms with Crippen LogP contribution < -0.4 is 0 Å². The van der Waals surface area contributed by atoms with Crippen LogP contribution in [-0.4, -0.2) is 16.1 Å². The zero-order valence-corrected chi connectivity index (χ0v) is 12.8. The topological polar surface area (TPSA) is 50.2 Å². The summed E-state index contributed by atoms with van der Waals surface area (Å²) >= 11 is 6.82. The Labute approximate surface area is 121 Å². The van der Waals surface area contributed by atoms with Gasteiger partial charge in [0, 0.05) is 14.2 Å². The highest BCUT2D eigenvalue weighted by Gasteiger charge is 2.32. The lowest BCUT2D eigenvalue weighted by Gasteiger charge is -2.00. The van der Waals surface area contributed by atoms with Crippen LogP contribution >= 0.6 is 38.6 Å². The number of thiophene rings is 1. The first-order chi connectivity index (χ1) is 8.56. The molecule has 94 valence electrons. The first-order valence-corrected chi connectivity index (χ1v) is 7.97. The van der Waals surface area contributed by atoms with Gasteiger partial charge in [-0.15, -0.1) is 22.7 Å². The molecule has 0 amide bonds. The number of thiazole rings is 1. The van der Waals surface area contributed by atoms with Gasteiger partial charge in [0.1, 0.15) is 10.9 Å². The summed E-state index contributed by atoms with van der Waals surface area (Å²) < 4.78 is 1.09. The Bertz CT molecular complexity index is 613. The van der Waals surface area contributed by atoms with Crippen molar-refractivity contribution in [3.05, 3.63) is 26.0 Å². The predicted molar refractivity (Wildman–Crippen MR) is 76.6 cm³/mol. The summed E-state index contributed by atoms with van der Waals surface area (Å²) in [5.74, 6) is -1.16. The van der Waals surface area contributed by atoms with Gasteiger partial charge >= 0.3 is 5.97 Å². The minimum absolute atomic E-state index is 0.408. The maximum Gasteiger partial charge on any atom is 0.312 e. The lowest BCUT2D eigenvalue weighted by Crippen LogP contribution is -2.08. The molecule has 0 saturated heterocycles. The van der Waals surface area contributed by atoms with E-state index in [1.165, 1.54) is 4.88 Å². The fraction of sp³-hybridized carbons (Fsp3) is 0.333. The zero-order valence-electron chi connectivity index (χ0n) is 9.57. The summed E-state index contributed by atoms with van der Waals surface area (Å²) in [7, 11) is 0. The molecule has 0 radical (unpaired) electrons.